The van der Waals surface area contributed by atoms with E-state index in [1.165, 1.54) is 63.9 Å². The third-order valence-corrected chi connectivity index (χ3v) is 8.94. The lowest BCUT2D eigenvalue weighted by molar-refractivity contribution is -0.143. The third-order valence-electron chi connectivity index (χ3n) is 7.80. The Kier molecular flexibility index (Phi) is 12.4. The summed E-state index contributed by atoms with van der Waals surface area (Å²) in [5.41, 5.74) is 1.30. The summed E-state index contributed by atoms with van der Waals surface area (Å²) >= 11 is 1.52. The van der Waals surface area contributed by atoms with Crippen molar-refractivity contribution in [1.82, 2.24) is 16.0 Å². The van der Waals surface area contributed by atoms with Crippen LogP contribution in [-0.4, -0.2) is 81.3 Å². The predicted octanol–water partition coefficient (Wildman–Crippen LogP) is 4.09. The van der Waals surface area contributed by atoms with Crippen molar-refractivity contribution < 1.29 is 38.2 Å². The van der Waals surface area contributed by atoms with Gasteiger partial charge in [0.25, 0.3) is 0 Å². The molecular weight excluding hydrogens is 610 g/mol. The lowest BCUT2D eigenvalue weighted by Gasteiger charge is -2.19. The van der Waals surface area contributed by atoms with Crippen molar-refractivity contribution in [2.24, 2.45) is 0 Å². The molecule has 46 heavy (non-hydrogen) atoms. The van der Waals surface area contributed by atoms with Crippen molar-refractivity contribution >= 4 is 73.9 Å². The summed E-state index contributed by atoms with van der Waals surface area (Å²) in [5, 5.41) is 15.1. The van der Waals surface area contributed by atoms with Crippen LogP contribution in [0.25, 0.3) is 32.3 Å². The third kappa shape index (κ3) is 8.78. The fourth-order valence-corrected chi connectivity index (χ4v) is 6.45. The van der Waals surface area contributed by atoms with Crippen LogP contribution >= 0.6 is 11.8 Å². The average molecular weight is 650 g/mol. The molecule has 0 spiro atoms. The first-order valence-electron chi connectivity index (χ1n) is 15.0. The topological polar surface area (TPSA) is 149 Å². The summed E-state index contributed by atoms with van der Waals surface area (Å²) in [6, 6.07) is 17.5. The summed E-state index contributed by atoms with van der Waals surface area (Å²) in [6.07, 6.45) is 1.68. The number of thioether (sulfide) groups is 1. The van der Waals surface area contributed by atoms with Gasteiger partial charge in [-0.05, 0) is 69.3 Å². The van der Waals surface area contributed by atoms with E-state index in [0.29, 0.717) is 0 Å². The standard InChI is InChI=1S/C34H39N3O8S/c1-43-29(39)19-35-32(40)27(36-28(38)17-16-26(33(41)44-2)37-34(42)45-3)20-46-18-5-4-7-21-10-11-24-13-12-22-8-6-9-23-14-15-25(21)31(24)30(22)23/h6,8-15,26-27H,4-5,7,16-20H2,1-3H3,(H,35,40)(H,36,38)(H,37,42)/t26-,27-/m0/s1. The summed E-state index contributed by atoms with van der Waals surface area (Å²) in [6.45, 7) is -0.334. The number of hydrogen-bond donors (Lipinski definition) is 3. The fraction of sp³-hybridized carbons (Fsp3) is 0.382. The summed E-state index contributed by atoms with van der Waals surface area (Å²) in [4.78, 5) is 60.8. The van der Waals surface area contributed by atoms with Crippen LogP contribution in [-0.2, 0) is 39.8 Å². The van der Waals surface area contributed by atoms with Crippen molar-refractivity contribution in [3.8, 4) is 0 Å². The molecule has 244 valence electrons. The molecule has 0 aliphatic heterocycles. The monoisotopic (exact) mass is 649 g/mol. The SMILES string of the molecule is COC(=O)CNC(=O)[C@H](CSCCCCc1ccc2ccc3cccc4ccc1c2c34)NC(=O)CC[C@H](NC(=O)OC)C(=O)OC. The second-order valence-corrected chi connectivity index (χ2v) is 11.9. The lowest BCUT2D eigenvalue weighted by Crippen LogP contribution is -2.50. The summed E-state index contributed by atoms with van der Waals surface area (Å²) < 4.78 is 13.8. The highest BCUT2D eigenvalue weighted by molar-refractivity contribution is 7.99. The number of aryl methyl sites for hydroxylation is 1. The summed E-state index contributed by atoms with van der Waals surface area (Å²) in [5.74, 6) is -1.35. The first-order chi connectivity index (χ1) is 22.2. The zero-order valence-corrected chi connectivity index (χ0v) is 27.0. The number of rotatable bonds is 16. The molecule has 0 aliphatic rings. The molecule has 0 unspecified atom stereocenters. The van der Waals surface area contributed by atoms with Crippen LogP contribution in [0.1, 0.15) is 31.2 Å². The minimum absolute atomic E-state index is 0.0691. The van der Waals surface area contributed by atoms with Gasteiger partial charge in [0.15, 0.2) is 0 Å². The molecule has 0 aliphatic carbocycles. The normalized spacial score (nSPS) is 12.4. The molecule has 3 amide bonds. The summed E-state index contributed by atoms with van der Waals surface area (Å²) in [7, 11) is 3.53. The van der Waals surface area contributed by atoms with Gasteiger partial charge in [-0.15, -0.1) is 0 Å². The van der Waals surface area contributed by atoms with Gasteiger partial charge in [0.2, 0.25) is 11.8 Å². The molecule has 0 saturated heterocycles. The van der Waals surface area contributed by atoms with Gasteiger partial charge >= 0.3 is 18.0 Å². The number of alkyl carbamates (subject to hydrolysis) is 1. The Morgan fingerprint density at radius 3 is 2.15 bits per heavy atom. The molecule has 2 atom stereocenters. The molecular formula is C34H39N3O8S. The van der Waals surface area contributed by atoms with Gasteiger partial charge in [-0.2, -0.15) is 11.8 Å². The van der Waals surface area contributed by atoms with Crippen LogP contribution in [0.15, 0.2) is 54.6 Å². The number of amides is 3. The molecule has 3 N–H and O–H groups in total. The number of benzene rings is 4. The maximum Gasteiger partial charge on any atom is 0.407 e. The van der Waals surface area contributed by atoms with Crippen molar-refractivity contribution in [2.45, 2.75) is 44.2 Å². The van der Waals surface area contributed by atoms with E-state index in [4.69, 9.17) is 0 Å². The zero-order valence-electron chi connectivity index (χ0n) is 26.2. The second kappa shape index (κ2) is 16.6. The highest BCUT2D eigenvalue weighted by Gasteiger charge is 2.25. The van der Waals surface area contributed by atoms with Crippen LogP contribution < -0.4 is 16.0 Å². The van der Waals surface area contributed by atoms with Gasteiger partial charge in [-0.25, -0.2) is 9.59 Å². The molecule has 11 nitrogen and oxygen atoms in total. The molecule has 12 heteroatoms. The molecule has 0 saturated carbocycles. The number of esters is 2. The fourth-order valence-electron chi connectivity index (χ4n) is 5.41. The molecule has 4 rings (SSSR count). The van der Waals surface area contributed by atoms with E-state index in [-0.39, 0.29) is 25.1 Å². The van der Waals surface area contributed by atoms with Crippen molar-refractivity contribution in [2.75, 3.05) is 39.4 Å². The van der Waals surface area contributed by atoms with Crippen LogP contribution in [0, 0.1) is 0 Å². The van der Waals surface area contributed by atoms with E-state index in [9.17, 15) is 24.0 Å². The molecule has 0 aromatic heterocycles. The maximum absolute atomic E-state index is 12.9. The number of carbonyl (C=O) groups is 5. The van der Waals surface area contributed by atoms with Crippen molar-refractivity contribution in [3.05, 3.63) is 60.2 Å². The minimum Gasteiger partial charge on any atom is -0.468 e. The Morgan fingerprint density at radius 2 is 1.46 bits per heavy atom. The number of carbonyl (C=O) groups excluding carboxylic acids is 5. The van der Waals surface area contributed by atoms with E-state index in [1.807, 2.05) is 0 Å². The second-order valence-electron chi connectivity index (χ2n) is 10.8. The molecule has 0 heterocycles. The van der Waals surface area contributed by atoms with E-state index in [1.54, 1.807) is 0 Å². The van der Waals surface area contributed by atoms with Crippen molar-refractivity contribution in [1.29, 1.82) is 0 Å². The molecule has 4 aromatic carbocycles. The highest BCUT2D eigenvalue weighted by atomic mass is 32.2. The van der Waals surface area contributed by atoms with Gasteiger partial charge in [-0.3, -0.25) is 14.4 Å². The van der Waals surface area contributed by atoms with Crippen LogP contribution in [0.5, 0.6) is 0 Å². The van der Waals surface area contributed by atoms with Gasteiger partial charge < -0.3 is 30.2 Å². The Hall–Kier alpha value is -4.58. The Balaban J connectivity index is 1.31. The van der Waals surface area contributed by atoms with Gasteiger partial charge in [0.05, 0.1) is 21.3 Å². The number of methoxy groups -OCH3 is 3. The van der Waals surface area contributed by atoms with Gasteiger partial charge in [0.1, 0.15) is 18.6 Å². The highest BCUT2D eigenvalue weighted by Crippen LogP contribution is 2.36. The molecule has 4 aromatic rings. The number of hydrogen-bond acceptors (Lipinski definition) is 9. The molecule has 0 bridgehead atoms. The predicted molar refractivity (Wildman–Crippen MR) is 178 cm³/mol. The van der Waals surface area contributed by atoms with E-state index >= 15 is 0 Å². The average Bonchev–Trinajstić information content (AvgIpc) is 3.08. The zero-order chi connectivity index (χ0) is 33.1. The minimum atomic E-state index is -1.10. The van der Waals surface area contributed by atoms with Crippen LogP contribution in [0.2, 0.25) is 0 Å². The van der Waals surface area contributed by atoms with E-state index in [2.05, 4.69) is 84.8 Å². The number of nitrogens with one attached hydrogen (secondary N) is 3. The van der Waals surface area contributed by atoms with Gasteiger partial charge in [-0.1, -0.05) is 54.6 Å². The first-order valence-corrected chi connectivity index (χ1v) is 16.2. The molecule has 0 radical (unpaired) electrons. The largest absolute Gasteiger partial charge is 0.468 e. The van der Waals surface area contributed by atoms with E-state index < -0.39 is 41.9 Å². The Bertz CT molecular complexity index is 1680. The smallest absolute Gasteiger partial charge is 0.407 e. The lowest BCUT2D eigenvalue weighted by atomic mass is 9.91. The number of ether oxygens (including phenoxy) is 3. The first kappa shape index (κ1) is 34.3. The van der Waals surface area contributed by atoms with Crippen LogP contribution in [0.4, 0.5) is 4.79 Å². The Labute approximate surface area is 271 Å². The van der Waals surface area contributed by atoms with Gasteiger partial charge in [0, 0.05) is 12.2 Å². The quantitative estimate of drug-likeness (QED) is 0.0706. The number of unbranched alkanes of at least 4 members (excludes halogenated alkanes) is 1. The maximum atomic E-state index is 12.9. The van der Waals surface area contributed by atoms with Crippen LogP contribution in [0.3, 0.4) is 0 Å². The van der Waals surface area contributed by atoms with E-state index in [0.717, 1.165) is 32.1 Å². The molecule has 0 fully saturated rings. The van der Waals surface area contributed by atoms with Crippen molar-refractivity contribution in [3.63, 3.8) is 0 Å². The Morgan fingerprint density at radius 1 is 0.761 bits per heavy atom.